The molecule has 0 saturated heterocycles. The Labute approximate surface area is 141 Å². The van der Waals surface area contributed by atoms with Gasteiger partial charge in [0, 0.05) is 23.1 Å². The van der Waals surface area contributed by atoms with Crippen LogP contribution >= 0.6 is 23.2 Å². The molecule has 3 rings (SSSR count). The van der Waals surface area contributed by atoms with Gasteiger partial charge in [0.2, 0.25) is 0 Å². The topological polar surface area (TPSA) is 39.4 Å². The van der Waals surface area contributed by atoms with E-state index in [4.69, 9.17) is 32.4 Å². The van der Waals surface area contributed by atoms with Crippen molar-refractivity contribution in [1.29, 1.82) is 0 Å². The van der Waals surface area contributed by atoms with Crippen molar-refractivity contribution in [2.24, 2.45) is 0 Å². The molecule has 118 valence electrons. The zero-order chi connectivity index (χ0) is 16.6. The van der Waals surface area contributed by atoms with Gasteiger partial charge in [-0.15, -0.1) is 0 Å². The first-order chi connectivity index (χ1) is 10.9. The highest BCUT2D eigenvalue weighted by atomic mass is 35.5. The molecule has 0 N–H and O–H groups in total. The number of rotatable bonds is 3. The zero-order valence-corrected chi connectivity index (χ0v) is 13.5. The Morgan fingerprint density at radius 3 is 2.65 bits per heavy atom. The van der Waals surface area contributed by atoms with Crippen molar-refractivity contribution < 1.29 is 13.5 Å². The Morgan fingerprint density at radius 2 is 1.91 bits per heavy atom. The molecular formula is C17H11Cl2FO3. The van der Waals surface area contributed by atoms with Crippen LogP contribution in [0.3, 0.4) is 0 Å². The van der Waals surface area contributed by atoms with Gasteiger partial charge in [-0.2, -0.15) is 0 Å². The predicted molar refractivity (Wildman–Crippen MR) is 88.0 cm³/mol. The Balaban J connectivity index is 1.93. The molecule has 1 heterocycles. The molecule has 0 amide bonds. The normalized spacial score (nSPS) is 11.0. The fourth-order valence-corrected chi connectivity index (χ4v) is 2.66. The average molecular weight is 353 g/mol. The van der Waals surface area contributed by atoms with E-state index in [1.807, 2.05) is 0 Å². The van der Waals surface area contributed by atoms with Crippen LogP contribution in [0, 0.1) is 12.7 Å². The van der Waals surface area contributed by atoms with Crippen LogP contribution in [0.2, 0.25) is 10.0 Å². The predicted octanol–water partition coefficient (Wildman–Crippen LogP) is 5.13. The first-order valence-electron chi connectivity index (χ1n) is 6.75. The lowest BCUT2D eigenvalue weighted by Gasteiger charge is -2.11. The van der Waals surface area contributed by atoms with Gasteiger partial charge >= 0.3 is 5.63 Å². The van der Waals surface area contributed by atoms with E-state index in [0.717, 1.165) is 10.9 Å². The van der Waals surface area contributed by atoms with E-state index in [1.165, 1.54) is 24.3 Å². The summed E-state index contributed by atoms with van der Waals surface area (Å²) in [5.74, 6) is -0.0620. The number of aryl methyl sites for hydroxylation is 1. The minimum atomic E-state index is -0.440. The zero-order valence-electron chi connectivity index (χ0n) is 12.0. The van der Waals surface area contributed by atoms with Gasteiger partial charge in [-0.1, -0.05) is 29.3 Å². The second kappa shape index (κ2) is 6.22. The highest BCUT2D eigenvalue weighted by Gasteiger charge is 2.10. The fourth-order valence-electron chi connectivity index (χ4n) is 2.22. The van der Waals surface area contributed by atoms with Crippen molar-refractivity contribution in [3.8, 4) is 5.75 Å². The average Bonchev–Trinajstić information content (AvgIpc) is 2.47. The molecule has 0 aliphatic carbocycles. The first-order valence-corrected chi connectivity index (χ1v) is 7.50. The molecule has 0 aliphatic heterocycles. The second-order valence-electron chi connectivity index (χ2n) is 5.05. The summed E-state index contributed by atoms with van der Waals surface area (Å²) in [5.41, 5.74) is 1.34. The minimum absolute atomic E-state index is 0.111. The van der Waals surface area contributed by atoms with Gasteiger partial charge in [0.05, 0.1) is 10.0 Å². The van der Waals surface area contributed by atoms with Crippen LogP contribution in [0.5, 0.6) is 5.75 Å². The SMILES string of the molecule is Cc1cc(=O)oc2cc(OCc3ccc(F)cc3Cl)c(Cl)cc12. The van der Waals surface area contributed by atoms with Gasteiger partial charge < -0.3 is 9.15 Å². The van der Waals surface area contributed by atoms with Gasteiger partial charge in [0.1, 0.15) is 23.8 Å². The third-order valence-corrected chi connectivity index (χ3v) is 4.05. The number of fused-ring (bicyclic) bond motifs is 1. The summed E-state index contributed by atoms with van der Waals surface area (Å²) in [7, 11) is 0. The molecule has 0 radical (unpaired) electrons. The summed E-state index contributed by atoms with van der Waals surface area (Å²) >= 11 is 12.2. The van der Waals surface area contributed by atoms with E-state index in [2.05, 4.69) is 0 Å². The number of benzene rings is 2. The molecule has 2 aromatic carbocycles. The van der Waals surface area contributed by atoms with Crippen molar-refractivity contribution in [1.82, 2.24) is 0 Å². The molecular weight excluding hydrogens is 342 g/mol. The summed E-state index contributed by atoms with van der Waals surface area (Å²) < 4.78 is 23.8. The molecule has 0 saturated carbocycles. The Kier molecular flexibility index (Phi) is 4.28. The van der Waals surface area contributed by atoms with E-state index >= 15 is 0 Å². The quantitative estimate of drug-likeness (QED) is 0.613. The summed E-state index contributed by atoms with van der Waals surface area (Å²) in [6.45, 7) is 1.91. The van der Waals surface area contributed by atoms with Crippen LogP contribution < -0.4 is 10.4 Å². The number of ether oxygens (including phenoxy) is 1. The number of hydrogen-bond acceptors (Lipinski definition) is 3. The molecule has 0 unspecified atom stereocenters. The number of halogens is 3. The lowest BCUT2D eigenvalue weighted by Crippen LogP contribution is -2.00. The van der Waals surface area contributed by atoms with E-state index in [0.29, 0.717) is 21.9 Å². The highest BCUT2D eigenvalue weighted by molar-refractivity contribution is 6.33. The van der Waals surface area contributed by atoms with Gasteiger partial charge in [-0.25, -0.2) is 9.18 Å². The lowest BCUT2D eigenvalue weighted by molar-refractivity contribution is 0.306. The van der Waals surface area contributed by atoms with Crippen LogP contribution in [0.4, 0.5) is 4.39 Å². The van der Waals surface area contributed by atoms with Crippen LogP contribution in [0.1, 0.15) is 11.1 Å². The largest absolute Gasteiger partial charge is 0.487 e. The van der Waals surface area contributed by atoms with Gasteiger partial charge in [0.15, 0.2) is 0 Å². The Morgan fingerprint density at radius 1 is 1.13 bits per heavy atom. The maximum absolute atomic E-state index is 13.0. The molecule has 1 aromatic heterocycles. The van der Waals surface area contributed by atoms with Crippen molar-refractivity contribution in [3.05, 3.63) is 73.8 Å². The molecule has 0 atom stereocenters. The molecule has 0 fully saturated rings. The molecule has 6 heteroatoms. The monoisotopic (exact) mass is 352 g/mol. The lowest BCUT2D eigenvalue weighted by atomic mass is 10.1. The first kappa shape index (κ1) is 15.8. The van der Waals surface area contributed by atoms with E-state index < -0.39 is 11.4 Å². The molecule has 3 aromatic rings. The van der Waals surface area contributed by atoms with Gasteiger partial charge in [-0.05, 0) is 30.7 Å². The van der Waals surface area contributed by atoms with E-state index in [-0.39, 0.29) is 11.6 Å². The van der Waals surface area contributed by atoms with Crippen molar-refractivity contribution >= 4 is 34.2 Å². The van der Waals surface area contributed by atoms with Crippen molar-refractivity contribution in [3.63, 3.8) is 0 Å². The molecule has 0 spiro atoms. The molecule has 0 bridgehead atoms. The molecule has 0 aliphatic rings. The van der Waals surface area contributed by atoms with Crippen LogP contribution in [0.25, 0.3) is 11.0 Å². The molecule has 3 nitrogen and oxygen atoms in total. The Hall–Kier alpha value is -2.04. The van der Waals surface area contributed by atoms with Crippen molar-refractivity contribution in [2.45, 2.75) is 13.5 Å². The molecule has 23 heavy (non-hydrogen) atoms. The van der Waals surface area contributed by atoms with Crippen molar-refractivity contribution in [2.75, 3.05) is 0 Å². The fraction of sp³-hybridized carbons (Fsp3) is 0.118. The summed E-state index contributed by atoms with van der Waals surface area (Å²) in [6, 6.07) is 8.69. The van der Waals surface area contributed by atoms with Gasteiger partial charge in [-0.3, -0.25) is 0 Å². The maximum Gasteiger partial charge on any atom is 0.336 e. The minimum Gasteiger partial charge on any atom is -0.487 e. The summed E-state index contributed by atoms with van der Waals surface area (Å²) in [5, 5.41) is 1.39. The summed E-state index contributed by atoms with van der Waals surface area (Å²) in [6.07, 6.45) is 0. The third kappa shape index (κ3) is 3.33. The summed E-state index contributed by atoms with van der Waals surface area (Å²) in [4.78, 5) is 11.5. The standard InChI is InChI=1S/C17H11Cl2FO3/c1-9-4-17(21)23-15-7-16(14(19)6-12(9)15)22-8-10-2-3-11(20)5-13(10)18/h2-7H,8H2,1H3. The van der Waals surface area contributed by atoms with Crippen LogP contribution in [-0.2, 0) is 6.61 Å². The Bertz CT molecular complexity index is 950. The maximum atomic E-state index is 13.0. The van der Waals surface area contributed by atoms with Crippen LogP contribution in [-0.4, -0.2) is 0 Å². The smallest absolute Gasteiger partial charge is 0.336 e. The van der Waals surface area contributed by atoms with E-state index in [1.54, 1.807) is 19.1 Å². The van der Waals surface area contributed by atoms with Crippen LogP contribution in [0.15, 0.2) is 45.6 Å². The number of hydrogen-bond donors (Lipinski definition) is 0. The third-order valence-electron chi connectivity index (χ3n) is 3.40. The van der Waals surface area contributed by atoms with Gasteiger partial charge in [0.25, 0.3) is 0 Å². The second-order valence-corrected chi connectivity index (χ2v) is 5.87. The van der Waals surface area contributed by atoms with E-state index in [9.17, 15) is 9.18 Å². The highest BCUT2D eigenvalue weighted by Crippen LogP contribution is 2.32.